The first-order valence-electron chi connectivity index (χ1n) is 4.35. The maximum atomic E-state index is 11.7. The molecule has 0 fully saturated rings. The van der Waals surface area contributed by atoms with Gasteiger partial charge in [0.2, 0.25) is 0 Å². The molecule has 0 aromatic heterocycles. The third kappa shape index (κ3) is 3.26. The highest BCUT2D eigenvalue weighted by Gasteiger charge is 2.11. The summed E-state index contributed by atoms with van der Waals surface area (Å²) in [4.78, 5) is 13.5. The first-order chi connectivity index (χ1) is 7.02. The van der Waals surface area contributed by atoms with Gasteiger partial charge in [0.25, 0.3) is 0 Å². The van der Waals surface area contributed by atoms with Gasteiger partial charge in [0.15, 0.2) is 5.78 Å². The van der Waals surface area contributed by atoms with Gasteiger partial charge in [-0.1, -0.05) is 29.3 Å². The van der Waals surface area contributed by atoms with E-state index in [4.69, 9.17) is 23.2 Å². The largest absolute Gasteiger partial charge is 0.383 e. The van der Waals surface area contributed by atoms with E-state index in [9.17, 15) is 4.79 Å². The lowest BCUT2D eigenvalue weighted by Crippen LogP contribution is -2.03. The van der Waals surface area contributed by atoms with Gasteiger partial charge in [-0.15, -0.1) is 0 Å². The van der Waals surface area contributed by atoms with Gasteiger partial charge in [0.05, 0.1) is 15.6 Å². The first kappa shape index (κ1) is 12.1. The van der Waals surface area contributed by atoms with Crippen molar-refractivity contribution in [2.45, 2.75) is 0 Å². The van der Waals surface area contributed by atoms with E-state index in [2.05, 4.69) is 0 Å². The smallest absolute Gasteiger partial charge is 0.190 e. The molecule has 0 saturated heterocycles. The number of halogens is 2. The van der Waals surface area contributed by atoms with Crippen LogP contribution in [0.2, 0.25) is 10.0 Å². The average Bonchev–Trinajstić information content (AvgIpc) is 2.14. The van der Waals surface area contributed by atoms with Crippen molar-refractivity contribution in [1.82, 2.24) is 4.90 Å². The van der Waals surface area contributed by atoms with Gasteiger partial charge in [-0.25, -0.2) is 0 Å². The molecule has 0 saturated carbocycles. The minimum absolute atomic E-state index is 0.195. The van der Waals surface area contributed by atoms with Crippen LogP contribution in [0.15, 0.2) is 30.5 Å². The number of allylic oxidation sites excluding steroid dienone is 1. The fraction of sp³-hybridized carbons (Fsp3) is 0.182. The van der Waals surface area contributed by atoms with E-state index >= 15 is 0 Å². The molecule has 0 aliphatic rings. The van der Waals surface area contributed by atoms with Crippen molar-refractivity contribution < 1.29 is 4.79 Å². The van der Waals surface area contributed by atoms with E-state index in [0.29, 0.717) is 15.6 Å². The van der Waals surface area contributed by atoms with E-state index in [0.717, 1.165) is 0 Å². The third-order valence-electron chi connectivity index (χ3n) is 1.73. The quantitative estimate of drug-likeness (QED) is 0.600. The highest BCUT2D eigenvalue weighted by atomic mass is 35.5. The van der Waals surface area contributed by atoms with E-state index in [1.807, 2.05) is 14.1 Å². The molecule has 0 amide bonds. The van der Waals surface area contributed by atoms with Crippen molar-refractivity contribution in [3.8, 4) is 0 Å². The highest BCUT2D eigenvalue weighted by molar-refractivity contribution is 6.40. The second-order valence-corrected chi connectivity index (χ2v) is 4.05. The van der Waals surface area contributed by atoms with Crippen LogP contribution in [0.25, 0.3) is 0 Å². The predicted octanol–water partition coefficient (Wildman–Crippen LogP) is 3.25. The number of carbonyl (C=O) groups excluding carboxylic acids is 1. The predicted molar refractivity (Wildman–Crippen MR) is 63.6 cm³/mol. The number of carbonyl (C=O) groups is 1. The Morgan fingerprint density at radius 2 is 1.80 bits per heavy atom. The molecule has 15 heavy (non-hydrogen) atoms. The van der Waals surface area contributed by atoms with E-state index in [-0.39, 0.29) is 5.78 Å². The lowest BCUT2D eigenvalue weighted by atomic mass is 10.1. The topological polar surface area (TPSA) is 20.3 Å². The number of benzene rings is 1. The average molecular weight is 244 g/mol. The van der Waals surface area contributed by atoms with Crippen molar-refractivity contribution in [2.75, 3.05) is 14.1 Å². The molecule has 1 rings (SSSR count). The van der Waals surface area contributed by atoms with Crippen LogP contribution in [-0.4, -0.2) is 24.8 Å². The molecule has 0 N–H and O–H groups in total. The Morgan fingerprint density at radius 1 is 1.27 bits per heavy atom. The molecule has 0 spiro atoms. The standard InChI is InChI=1S/C11H11Cl2NO/c1-14(2)7-6-10(15)11-8(12)4-3-5-9(11)13/h3-7H,1-2H3. The summed E-state index contributed by atoms with van der Waals surface area (Å²) in [5.41, 5.74) is 0.346. The molecule has 80 valence electrons. The molecule has 0 unspecified atom stereocenters. The summed E-state index contributed by atoms with van der Waals surface area (Å²) in [5.74, 6) is -0.195. The van der Waals surface area contributed by atoms with E-state index in [1.54, 1.807) is 29.3 Å². The van der Waals surface area contributed by atoms with Gasteiger partial charge in [-0.3, -0.25) is 4.79 Å². The third-order valence-corrected chi connectivity index (χ3v) is 2.36. The van der Waals surface area contributed by atoms with Gasteiger partial charge in [0, 0.05) is 26.4 Å². The van der Waals surface area contributed by atoms with Crippen LogP contribution in [-0.2, 0) is 0 Å². The molecule has 0 heterocycles. The highest BCUT2D eigenvalue weighted by Crippen LogP contribution is 2.24. The van der Waals surface area contributed by atoms with Gasteiger partial charge in [0.1, 0.15) is 0 Å². The van der Waals surface area contributed by atoms with Crippen LogP contribution in [0.3, 0.4) is 0 Å². The van der Waals surface area contributed by atoms with Crippen molar-refractivity contribution in [3.63, 3.8) is 0 Å². The van der Waals surface area contributed by atoms with Gasteiger partial charge >= 0.3 is 0 Å². The molecule has 0 atom stereocenters. The summed E-state index contributed by atoms with van der Waals surface area (Å²) in [7, 11) is 3.66. The Bertz CT molecular complexity index is 379. The molecular weight excluding hydrogens is 233 g/mol. The second kappa shape index (κ2) is 5.19. The van der Waals surface area contributed by atoms with Crippen molar-refractivity contribution >= 4 is 29.0 Å². The summed E-state index contributed by atoms with van der Waals surface area (Å²) < 4.78 is 0. The number of rotatable bonds is 3. The van der Waals surface area contributed by atoms with Crippen LogP contribution < -0.4 is 0 Å². The monoisotopic (exact) mass is 243 g/mol. The van der Waals surface area contributed by atoms with Crippen molar-refractivity contribution in [2.24, 2.45) is 0 Å². The minimum atomic E-state index is -0.195. The summed E-state index contributed by atoms with van der Waals surface area (Å²) in [6.45, 7) is 0. The molecule has 0 radical (unpaired) electrons. The first-order valence-corrected chi connectivity index (χ1v) is 5.11. The molecule has 0 aliphatic carbocycles. The number of hydrogen-bond donors (Lipinski definition) is 0. The maximum absolute atomic E-state index is 11.7. The lowest BCUT2D eigenvalue weighted by molar-refractivity contribution is 0.104. The molecule has 0 bridgehead atoms. The zero-order valence-corrected chi connectivity index (χ0v) is 10.0. The fourth-order valence-corrected chi connectivity index (χ4v) is 1.62. The lowest BCUT2D eigenvalue weighted by Gasteiger charge is -2.05. The number of nitrogens with zero attached hydrogens (tertiary/aromatic N) is 1. The van der Waals surface area contributed by atoms with Crippen LogP contribution in [0.1, 0.15) is 10.4 Å². The number of hydrogen-bond acceptors (Lipinski definition) is 2. The minimum Gasteiger partial charge on any atom is -0.383 e. The normalized spacial score (nSPS) is 10.7. The van der Waals surface area contributed by atoms with Gasteiger partial charge in [-0.2, -0.15) is 0 Å². The van der Waals surface area contributed by atoms with Gasteiger partial charge < -0.3 is 4.90 Å². The molecule has 4 heteroatoms. The molecule has 1 aromatic rings. The van der Waals surface area contributed by atoms with Crippen LogP contribution >= 0.6 is 23.2 Å². The Balaban J connectivity index is 3.01. The Hall–Kier alpha value is -0.990. The number of ketones is 1. The fourth-order valence-electron chi connectivity index (χ4n) is 1.03. The van der Waals surface area contributed by atoms with Crippen LogP contribution in [0.5, 0.6) is 0 Å². The zero-order chi connectivity index (χ0) is 11.4. The second-order valence-electron chi connectivity index (χ2n) is 3.24. The Morgan fingerprint density at radius 3 is 2.27 bits per heavy atom. The summed E-state index contributed by atoms with van der Waals surface area (Å²) in [6.07, 6.45) is 3.09. The van der Waals surface area contributed by atoms with E-state index in [1.165, 1.54) is 6.08 Å². The Kier molecular flexibility index (Phi) is 4.18. The molecule has 2 nitrogen and oxygen atoms in total. The SMILES string of the molecule is CN(C)C=CC(=O)c1c(Cl)cccc1Cl. The van der Waals surface area contributed by atoms with Crippen LogP contribution in [0, 0.1) is 0 Å². The maximum Gasteiger partial charge on any atom is 0.190 e. The Labute approximate surface area is 99.1 Å². The van der Waals surface area contributed by atoms with Crippen LogP contribution in [0.4, 0.5) is 0 Å². The zero-order valence-electron chi connectivity index (χ0n) is 8.50. The summed E-state index contributed by atoms with van der Waals surface area (Å²) in [5, 5.41) is 0.742. The van der Waals surface area contributed by atoms with Crippen molar-refractivity contribution in [3.05, 3.63) is 46.1 Å². The molecule has 1 aromatic carbocycles. The van der Waals surface area contributed by atoms with E-state index < -0.39 is 0 Å². The summed E-state index contributed by atoms with van der Waals surface area (Å²) >= 11 is 11.8. The van der Waals surface area contributed by atoms with Gasteiger partial charge in [-0.05, 0) is 12.1 Å². The van der Waals surface area contributed by atoms with Crippen molar-refractivity contribution in [1.29, 1.82) is 0 Å². The molecular formula is C11H11Cl2NO. The molecule has 0 aliphatic heterocycles. The summed E-state index contributed by atoms with van der Waals surface area (Å²) in [6, 6.07) is 4.99.